The van der Waals surface area contributed by atoms with E-state index in [2.05, 4.69) is 5.32 Å². The number of nitrogens with zero attached hydrogens (tertiary/aromatic N) is 2. The molecule has 0 radical (unpaired) electrons. The zero-order valence-corrected chi connectivity index (χ0v) is 16.8. The number of para-hydroxylation sites is 1. The Kier molecular flexibility index (Phi) is 7.02. The number of benzene rings is 1. The minimum Gasteiger partial charge on any atom is -0.491 e. The lowest BCUT2D eigenvalue weighted by Crippen LogP contribution is -2.50. The van der Waals surface area contributed by atoms with Gasteiger partial charge in [0.05, 0.1) is 12.0 Å². The van der Waals surface area contributed by atoms with Crippen LogP contribution in [-0.4, -0.2) is 62.8 Å². The normalized spacial score (nSPS) is 20.0. The highest BCUT2D eigenvalue weighted by molar-refractivity contribution is 7.86. The SMILES string of the molecule is Cc1ccccc1OC[C@H](C)NC(=O)[C@@H]1CCCN(S(=O)(=O)N(C)C)C1. The van der Waals surface area contributed by atoms with Gasteiger partial charge in [-0.2, -0.15) is 17.0 Å². The summed E-state index contributed by atoms with van der Waals surface area (Å²) in [7, 11) is -0.476. The second kappa shape index (κ2) is 8.83. The smallest absolute Gasteiger partial charge is 0.281 e. The largest absolute Gasteiger partial charge is 0.491 e. The number of rotatable bonds is 7. The van der Waals surface area contributed by atoms with E-state index in [1.165, 1.54) is 22.7 Å². The summed E-state index contributed by atoms with van der Waals surface area (Å²) >= 11 is 0. The number of nitrogens with one attached hydrogen (secondary N) is 1. The van der Waals surface area contributed by atoms with E-state index < -0.39 is 10.2 Å². The first-order valence-corrected chi connectivity index (χ1v) is 10.3. The fourth-order valence-electron chi connectivity index (χ4n) is 2.93. The topological polar surface area (TPSA) is 79.0 Å². The van der Waals surface area contributed by atoms with Crippen molar-refractivity contribution >= 4 is 16.1 Å². The molecule has 0 spiro atoms. The molecule has 0 bridgehead atoms. The molecule has 146 valence electrons. The van der Waals surface area contributed by atoms with Crippen LogP contribution in [0.25, 0.3) is 0 Å². The zero-order valence-electron chi connectivity index (χ0n) is 15.9. The van der Waals surface area contributed by atoms with Gasteiger partial charge in [0, 0.05) is 27.2 Å². The van der Waals surface area contributed by atoms with E-state index >= 15 is 0 Å². The van der Waals surface area contributed by atoms with Crippen molar-refractivity contribution in [2.75, 3.05) is 33.8 Å². The van der Waals surface area contributed by atoms with Gasteiger partial charge >= 0.3 is 0 Å². The van der Waals surface area contributed by atoms with Crippen LogP contribution in [0.3, 0.4) is 0 Å². The lowest BCUT2D eigenvalue weighted by molar-refractivity contribution is -0.126. The first kappa shape index (κ1) is 20.7. The first-order valence-electron chi connectivity index (χ1n) is 8.88. The fourth-order valence-corrected chi connectivity index (χ4v) is 4.12. The molecule has 7 nitrogen and oxygen atoms in total. The number of carbonyl (C=O) groups is 1. The summed E-state index contributed by atoms with van der Waals surface area (Å²) in [5.74, 6) is 0.346. The van der Waals surface area contributed by atoms with Crippen LogP contribution >= 0.6 is 0 Å². The zero-order chi connectivity index (χ0) is 19.3. The summed E-state index contributed by atoms with van der Waals surface area (Å²) < 4.78 is 32.9. The molecule has 0 saturated carbocycles. The van der Waals surface area contributed by atoms with Crippen LogP contribution in [0.15, 0.2) is 24.3 Å². The maximum Gasteiger partial charge on any atom is 0.281 e. The van der Waals surface area contributed by atoms with Crippen molar-refractivity contribution in [2.24, 2.45) is 5.92 Å². The molecule has 1 aromatic carbocycles. The predicted molar refractivity (Wildman–Crippen MR) is 101 cm³/mol. The van der Waals surface area contributed by atoms with Crippen LogP contribution in [0.2, 0.25) is 0 Å². The van der Waals surface area contributed by atoms with Gasteiger partial charge in [-0.1, -0.05) is 18.2 Å². The van der Waals surface area contributed by atoms with Crippen molar-refractivity contribution in [3.63, 3.8) is 0 Å². The van der Waals surface area contributed by atoms with Crippen molar-refractivity contribution in [1.29, 1.82) is 0 Å². The minimum absolute atomic E-state index is 0.121. The lowest BCUT2D eigenvalue weighted by atomic mass is 9.98. The molecule has 2 rings (SSSR count). The lowest BCUT2D eigenvalue weighted by Gasteiger charge is -2.33. The van der Waals surface area contributed by atoms with E-state index in [1.807, 2.05) is 38.1 Å². The Labute approximate surface area is 156 Å². The third-order valence-electron chi connectivity index (χ3n) is 4.51. The standard InChI is InChI=1S/C18H29N3O4S/c1-14-8-5-6-10-17(14)25-13-15(2)19-18(22)16-9-7-11-21(12-16)26(23,24)20(3)4/h5-6,8,10,15-16H,7,9,11-13H2,1-4H3,(H,19,22)/t15-,16+/m0/s1. The van der Waals surface area contributed by atoms with Gasteiger partial charge in [0.25, 0.3) is 10.2 Å². The number of hydrogen-bond acceptors (Lipinski definition) is 4. The van der Waals surface area contributed by atoms with Crippen LogP contribution in [0, 0.1) is 12.8 Å². The van der Waals surface area contributed by atoms with Gasteiger partial charge in [-0.25, -0.2) is 0 Å². The number of hydrogen-bond donors (Lipinski definition) is 1. The second-order valence-electron chi connectivity index (χ2n) is 6.97. The molecule has 0 unspecified atom stereocenters. The Hall–Kier alpha value is -1.64. The number of amides is 1. The van der Waals surface area contributed by atoms with Crippen molar-refractivity contribution in [1.82, 2.24) is 13.9 Å². The molecule has 1 heterocycles. The Bertz CT molecular complexity index is 721. The molecular formula is C18H29N3O4S. The number of carbonyl (C=O) groups excluding carboxylic acids is 1. The molecule has 2 atom stereocenters. The molecule has 8 heteroatoms. The second-order valence-corrected chi connectivity index (χ2v) is 9.12. The Balaban J connectivity index is 1.87. The van der Waals surface area contributed by atoms with Crippen molar-refractivity contribution in [3.05, 3.63) is 29.8 Å². The van der Waals surface area contributed by atoms with Crippen molar-refractivity contribution < 1.29 is 17.9 Å². The Morgan fingerprint density at radius 1 is 1.38 bits per heavy atom. The molecule has 1 saturated heterocycles. The Morgan fingerprint density at radius 2 is 2.08 bits per heavy atom. The number of ether oxygens (including phenoxy) is 1. The summed E-state index contributed by atoms with van der Waals surface area (Å²) in [6, 6.07) is 7.56. The van der Waals surface area contributed by atoms with E-state index in [1.54, 1.807) is 0 Å². The molecule has 0 aliphatic carbocycles. The summed E-state index contributed by atoms with van der Waals surface area (Å²) in [5.41, 5.74) is 1.04. The highest BCUT2D eigenvalue weighted by Gasteiger charge is 2.33. The van der Waals surface area contributed by atoms with Crippen LogP contribution in [0.1, 0.15) is 25.3 Å². The molecule has 26 heavy (non-hydrogen) atoms. The molecule has 1 aromatic rings. The average molecular weight is 384 g/mol. The molecular weight excluding hydrogens is 354 g/mol. The van der Waals surface area contributed by atoms with Gasteiger partial charge in [0.1, 0.15) is 12.4 Å². The quantitative estimate of drug-likeness (QED) is 0.772. The van der Waals surface area contributed by atoms with E-state index in [-0.39, 0.29) is 24.4 Å². The monoisotopic (exact) mass is 383 g/mol. The maximum atomic E-state index is 12.5. The van der Waals surface area contributed by atoms with Crippen LogP contribution in [0.5, 0.6) is 5.75 Å². The van der Waals surface area contributed by atoms with E-state index in [0.717, 1.165) is 11.3 Å². The van der Waals surface area contributed by atoms with Gasteiger partial charge in [-0.3, -0.25) is 4.79 Å². The molecule has 0 aromatic heterocycles. The van der Waals surface area contributed by atoms with Gasteiger partial charge < -0.3 is 10.1 Å². The minimum atomic E-state index is -3.48. The molecule has 1 fully saturated rings. The van der Waals surface area contributed by atoms with Crippen LogP contribution < -0.4 is 10.1 Å². The third-order valence-corrected chi connectivity index (χ3v) is 6.42. The van der Waals surface area contributed by atoms with Gasteiger partial charge in [-0.05, 0) is 38.3 Å². The molecule has 1 aliphatic rings. The third kappa shape index (κ3) is 5.18. The highest BCUT2D eigenvalue weighted by atomic mass is 32.2. The van der Waals surface area contributed by atoms with Gasteiger partial charge in [0.2, 0.25) is 5.91 Å². The van der Waals surface area contributed by atoms with E-state index in [4.69, 9.17) is 4.74 Å². The van der Waals surface area contributed by atoms with Crippen molar-refractivity contribution in [2.45, 2.75) is 32.7 Å². The number of aryl methyl sites for hydroxylation is 1. The predicted octanol–water partition coefficient (Wildman–Crippen LogP) is 1.40. The number of piperidine rings is 1. The summed E-state index contributed by atoms with van der Waals surface area (Å²) in [6.07, 6.45) is 1.37. The van der Waals surface area contributed by atoms with Gasteiger partial charge in [-0.15, -0.1) is 0 Å². The van der Waals surface area contributed by atoms with Gasteiger partial charge in [0.15, 0.2) is 0 Å². The molecule has 1 N–H and O–H groups in total. The van der Waals surface area contributed by atoms with Crippen LogP contribution in [0.4, 0.5) is 0 Å². The summed E-state index contributed by atoms with van der Waals surface area (Å²) in [5, 5.41) is 2.94. The Morgan fingerprint density at radius 3 is 2.73 bits per heavy atom. The maximum absolute atomic E-state index is 12.5. The summed E-state index contributed by atoms with van der Waals surface area (Å²) in [4.78, 5) is 12.5. The van der Waals surface area contributed by atoms with E-state index in [0.29, 0.717) is 26.0 Å². The first-order chi connectivity index (χ1) is 12.2. The highest BCUT2D eigenvalue weighted by Crippen LogP contribution is 2.21. The van der Waals surface area contributed by atoms with Crippen LogP contribution in [-0.2, 0) is 15.0 Å². The van der Waals surface area contributed by atoms with Crippen molar-refractivity contribution in [3.8, 4) is 5.75 Å². The summed E-state index contributed by atoms with van der Waals surface area (Å²) in [6.45, 7) is 4.89. The molecule has 1 aliphatic heterocycles. The fraction of sp³-hybridized carbons (Fsp3) is 0.611. The average Bonchev–Trinajstić information content (AvgIpc) is 2.61. The molecule has 1 amide bonds. The van der Waals surface area contributed by atoms with E-state index in [9.17, 15) is 13.2 Å².